The van der Waals surface area contributed by atoms with Crippen LogP contribution in [0.25, 0.3) is 11.5 Å². The highest BCUT2D eigenvalue weighted by molar-refractivity contribution is 5.53. The fraction of sp³-hybridized carbons (Fsp3) is 0.471. The lowest BCUT2D eigenvalue weighted by Crippen LogP contribution is -2.15. The number of aryl methyl sites for hydroxylation is 1. The van der Waals surface area contributed by atoms with Gasteiger partial charge in [0.05, 0.1) is 0 Å². The third-order valence-electron chi connectivity index (χ3n) is 4.39. The summed E-state index contributed by atoms with van der Waals surface area (Å²) < 4.78 is 0. The van der Waals surface area contributed by atoms with Gasteiger partial charge in [-0.1, -0.05) is 19.9 Å². The summed E-state index contributed by atoms with van der Waals surface area (Å²) in [6, 6.07) is 7.88. The predicted molar refractivity (Wildman–Crippen MR) is 85.1 cm³/mol. The Balaban J connectivity index is 1.83. The van der Waals surface area contributed by atoms with Crippen LogP contribution in [-0.4, -0.2) is 21.5 Å². The molecule has 2 aromatic rings. The van der Waals surface area contributed by atoms with Crippen molar-refractivity contribution < 1.29 is 0 Å². The first-order chi connectivity index (χ1) is 10.2. The van der Waals surface area contributed by atoms with Gasteiger partial charge in [-0.2, -0.15) is 0 Å². The lowest BCUT2D eigenvalue weighted by molar-refractivity contribution is 0.520. The van der Waals surface area contributed by atoms with Crippen molar-refractivity contribution in [3.63, 3.8) is 0 Å². The first-order valence-corrected chi connectivity index (χ1v) is 7.78. The molecule has 21 heavy (non-hydrogen) atoms. The van der Waals surface area contributed by atoms with Gasteiger partial charge in [0.15, 0.2) is 5.82 Å². The first-order valence-electron chi connectivity index (χ1n) is 7.78. The third-order valence-corrected chi connectivity index (χ3v) is 4.39. The average Bonchev–Trinajstić information content (AvgIpc) is 3.34. The van der Waals surface area contributed by atoms with Gasteiger partial charge in [-0.05, 0) is 43.2 Å². The summed E-state index contributed by atoms with van der Waals surface area (Å²) in [5.74, 6) is 1.63. The van der Waals surface area contributed by atoms with E-state index in [9.17, 15) is 0 Å². The lowest BCUT2D eigenvalue weighted by atomic mass is 10.0. The van der Waals surface area contributed by atoms with Crippen molar-refractivity contribution in [1.82, 2.24) is 15.0 Å². The highest BCUT2D eigenvalue weighted by atomic mass is 15.0. The number of nitrogens with one attached hydrogen (secondary N) is 1. The summed E-state index contributed by atoms with van der Waals surface area (Å²) in [5, 5.41) is 3.50. The zero-order valence-corrected chi connectivity index (χ0v) is 12.8. The number of nitrogens with zero attached hydrogens (tertiary/aromatic N) is 3. The van der Waals surface area contributed by atoms with Gasteiger partial charge in [-0.25, -0.2) is 9.97 Å². The fourth-order valence-electron chi connectivity index (χ4n) is 2.49. The molecule has 0 aliphatic heterocycles. The molecular formula is C17H22N4. The second kappa shape index (κ2) is 5.80. The summed E-state index contributed by atoms with van der Waals surface area (Å²) in [5.41, 5.74) is 2.38. The van der Waals surface area contributed by atoms with E-state index in [-0.39, 0.29) is 0 Å². The smallest absolute Gasteiger partial charge is 0.180 e. The molecule has 110 valence electrons. The monoisotopic (exact) mass is 282 g/mol. The number of pyridine rings is 1. The van der Waals surface area contributed by atoms with Gasteiger partial charge in [0.2, 0.25) is 0 Å². The molecule has 3 rings (SSSR count). The molecule has 0 aromatic carbocycles. The predicted octanol–water partition coefficient (Wildman–Crippen LogP) is 3.70. The second-order valence-corrected chi connectivity index (χ2v) is 5.84. The van der Waals surface area contributed by atoms with Crippen molar-refractivity contribution in [3.05, 3.63) is 36.2 Å². The van der Waals surface area contributed by atoms with Gasteiger partial charge < -0.3 is 5.32 Å². The summed E-state index contributed by atoms with van der Waals surface area (Å²) >= 11 is 0. The zero-order valence-electron chi connectivity index (χ0n) is 12.8. The standard InChI is InChI=1S/C17H22N4/c1-3-13-11-15(19-12-17(4-2)8-9-17)21-16(20-13)14-7-5-6-10-18-14/h5-7,10-11H,3-4,8-9,12H2,1-2H3,(H,19,20,21). The van der Waals surface area contributed by atoms with Crippen LogP contribution >= 0.6 is 0 Å². The van der Waals surface area contributed by atoms with Crippen LogP contribution in [0.2, 0.25) is 0 Å². The fourth-order valence-corrected chi connectivity index (χ4v) is 2.49. The number of hydrogen-bond acceptors (Lipinski definition) is 4. The summed E-state index contributed by atoms with van der Waals surface area (Å²) in [4.78, 5) is 13.6. The van der Waals surface area contributed by atoms with E-state index in [0.29, 0.717) is 11.2 Å². The van der Waals surface area contributed by atoms with Gasteiger partial charge in [0, 0.05) is 24.5 Å². The molecule has 4 heteroatoms. The molecule has 2 heterocycles. The van der Waals surface area contributed by atoms with Crippen molar-refractivity contribution in [3.8, 4) is 11.5 Å². The van der Waals surface area contributed by atoms with Crippen LogP contribution in [0.5, 0.6) is 0 Å². The van der Waals surface area contributed by atoms with Crippen LogP contribution in [0.4, 0.5) is 5.82 Å². The highest BCUT2D eigenvalue weighted by Crippen LogP contribution is 2.48. The van der Waals surface area contributed by atoms with E-state index < -0.39 is 0 Å². The second-order valence-electron chi connectivity index (χ2n) is 5.84. The number of anilines is 1. The van der Waals surface area contributed by atoms with E-state index in [4.69, 9.17) is 0 Å². The minimum atomic E-state index is 0.502. The van der Waals surface area contributed by atoms with Gasteiger partial charge in [0.25, 0.3) is 0 Å². The lowest BCUT2D eigenvalue weighted by Gasteiger charge is -2.15. The Morgan fingerprint density at radius 3 is 2.67 bits per heavy atom. The SMILES string of the molecule is CCc1cc(NCC2(CC)CC2)nc(-c2ccccn2)n1. The Morgan fingerprint density at radius 2 is 2.05 bits per heavy atom. The largest absolute Gasteiger partial charge is 0.369 e. The Bertz CT molecular complexity index is 605. The summed E-state index contributed by atoms with van der Waals surface area (Å²) in [6.07, 6.45) is 6.57. The molecule has 4 nitrogen and oxygen atoms in total. The van der Waals surface area contributed by atoms with Crippen molar-refractivity contribution in [2.75, 3.05) is 11.9 Å². The van der Waals surface area contributed by atoms with E-state index in [0.717, 1.165) is 30.2 Å². The van der Waals surface area contributed by atoms with Crippen LogP contribution < -0.4 is 5.32 Å². The van der Waals surface area contributed by atoms with Crippen LogP contribution in [0, 0.1) is 5.41 Å². The molecule has 0 amide bonds. The van der Waals surface area contributed by atoms with Crippen molar-refractivity contribution in [1.29, 1.82) is 0 Å². The van der Waals surface area contributed by atoms with Gasteiger partial charge in [-0.3, -0.25) is 4.98 Å². The quantitative estimate of drug-likeness (QED) is 0.877. The molecule has 0 unspecified atom stereocenters. The number of rotatable bonds is 6. The molecule has 1 fully saturated rings. The maximum absolute atomic E-state index is 4.63. The van der Waals surface area contributed by atoms with Crippen LogP contribution in [0.15, 0.2) is 30.5 Å². The van der Waals surface area contributed by atoms with E-state index in [1.165, 1.54) is 19.3 Å². The maximum Gasteiger partial charge on any atom is 0.180 e. The molecule has 0 radical (unpaired) electrons. The van der Waals surface area contributed by atoms with Crippen LogP contribution in [0.1, 0.15) is 38.8 Å². The van der Waals surface area contributed by atoms with Crippen LogP contribution in [0.3, 0.4) is 0 Å². The number of hydrogen-bond donors (Lipinski definition) is 1. The Morgan fingerprint density at radius 1 is 1.19 bits per heavy atom. The van der Waals surface area contributed by atoms with Crippen LogP contribution in [-0.2, 0) is 6.42 Å². The minimum absolute atomic E-state index is 0.502. The molecule has 1 aliphatic rings. The van der Waals surface area contributed by atoms with E-state index in [2.05, 4.69) is 40.2 Å². The molecule has 1 aliphatic carbocycles. The summed E-state index contributed by atoms with van der Waals surface area (Å²) in [7, 11) is 0. The van der Waals surface area contributed by atoms with Crippen molar-refractivity contribution in [2.24, 2.45) is 5.41 Å². The maximum atomic E-state index is 4.63. The average molecular weight is 282 g/mol. The zero-order chi connectivity index (χ0) is 14.7. The van der Waals surface area contributed by atoms with E-state index in [1.807, 2.05) is 18.2 Å². The molecule has 0 saturated heterocycles. The summed E-state index contributed by atoms with van der Waals surface area (Å²) in [6.45, 7) is 5.39. The van der Waals surface area contributed by atoms with Gasteiger partial charge >= 0.3 is 0 Å². The normalized spacial score (nSPS) is 15.7. The number of aromatic nitrogens is 3. The Labute approximate surface area is 126 Å². The molecule has 2 aromatic heterocycles. The molecule has 0 spiro atoms. The van der Waals surface area contributed by atoms with E-state index >= 15 is 0 Å². The highest BCUT2D eigenvalue weighted by Gasteiger charge is 2.40. The molecule has 0 atom stereocenters. The van der Waals surface area contributed by atoms with Crippen molar-refractivity contribution in [2.45, 2.75) is 39.5 Å². The Kier molecular flexibility index (Phi) is 3.86. The molecular weight excluding hydrogens is 260 g/mol. The molecule has 1 saturated carbocycles. The topological polar surface area (TPSA) is 50.7 Å². The molecule has 1 N–H and O–H groups in total. The van der Waals surface area contributed by atoms with Gasteiger partial charge in [-0.15, -0.1) is 0 Å². The Hall–Kier alpha value is -1.97. The van der Waals surface area contributed by atoms with E-state index in [1.54, 1.807) is 6.20 Å². The minimum Gasteiger partial charge on any atom is -0.369 e. The first kappa shape index (κ1) is 14.0. The molecule has 0 bridgehead atoms. The van der Waals surface area contributed by atoms with Gasteiger partial charge in [0.1, 0.15) is 11.5 Å². The third kappa shape index (κ3) is 3.20. The van der Waals surface area contributed by atoms with Crippen molar-refractivity contribution >= 4 is 5.82 Å².